The summed E-state index contributed by atoms with van der Waals surface area (Å²) in [6, 6.07) is 0. The van der Waals surface area contributed by atoms with E-state index >= 15 is 0 Å². The lowest BCUT2D eigenvalue weighted by Crippen LogP contribution is -2.28. The van der Waals surface area contributed by atoms with Crippen molar-refractivity contribution in [3.63, 3.8) is 0 Å². The van der Waals surface area contributed by atoms with Crippen molar-refractivity contribution in [3.05, 3.63) is 60.8 Å². The molecule has 5 heteroatoms. The Bertz CT molecular complexity index is 732. The van der Waals surface area contributed by atoms with Gasteiger partial charge in [-0.2, -0.15) is 0 Å². The van der Waals surface area contributed by atoms with Gasteiger partial charge in [-0.3, -0.25) is 9.59 Å². The van der Waals surface area contributed by atoms with Gasteiger partial charge in [0.1, 0.15) is 6.61 Å². The zero-order chi connectivity index (χ0) is 29.4. The predicted octanol–water partition coefficient (Wildman–Crippen LogP) is 9.28. The van der Waals surface area contributed by atoms with Gasteiger partial charge in [-0.15, -0.1) is 0 Å². The Labute approximate surface area is 245 Å². The number of allylic oxidation sites excluding steroid dienone is 10. The van der Waals surface area contributed by atoms with Crippen LogP contribution in [0.5, 0.6) is 0 Å². The molecule has 40 heavy (non-hydrogen) atoms. The first-order valence-electron chi connectivity index (χ1n) is 15.8. The molecule has 0 spiro atoms. The van der Waals surface area contributed by atoms with Gasteiger partial charge < -0.3 is 14.6 Å². The van der Waals surface area contributed by atoms with Crippen molar-refractivity contribution in [1.29, 1.82) is 0 Å². The first-order valence-corrected chi connectivity index (χ1v) is 15.8. The van der Waals surface area contributed by atoms with E-state index in [1.54, 1.807) is 0 Å². The minimum atomic E-state index is -0.795. The van der Waals surface area contributed by atoms with E-state index in [2.05, 4.69) is 74.6 Å². The van der Waals surface area contributed by atoms with Crippen molar-refractivity contribution in [3.8, 4) is 0 Å². The molecule has 0 heterocycles. The highest BCUT2D eigenvalue weighted by Gasteiger charge is 2.15. The van der Waals surface area contributed by atoms with Gasteiger partial charge in [0.25, 0.3) is 0 Å². The standard InChI is InChI=1S/C35H58O5/c1-3-5-7-9-11-13-15-16-17-18-20-22-24-26-28-30-35(38)40-33(31-36)32-39-34(37)29-27-25-23-21-19-14-12-10-8-6-4-2/h5,7,10-13,16-17,20,22,33,36H,3-4,6,8-9,14-15,18-19,21,23-32H2,1-2H3. The van der Waals surface area contributed by atoms with E-state index in [1.807, 2.05) is 0 Å². The van der Waals surface area contributed by atoms with Crippen LogP contribution in [0.4, 0.5) is 0 Å². The molecule has 0 saturated carbocycles. The molecule has 1 atom stereocenters. The third kappa shape index (κ3) is 28.6. The minimum absolute atomic E-state index is 0.0899. The van der Waals surface area contributed by atoms with Crippen LogP contribution in [0.1, 0.15) is 129 Å². The summed E-state index contributed by atoms with van der Waals surface area (Å²) in [4.78, 5) is 24.0. The number of esters is 2. The van der Waals surface area contributed by atoms with Crippen molar-refractivity contribution in [1.82, 2.24) is 0 Å². The average molecular weight is 559 g/mol. The molecule has 0 fully saturated rings. The van der Waals surface area contributed by atoms with Crippen LogP contribution in [0.15, 0.2) is 60.8 Å². The third-order valence-electron chi connectivity index (χ3n) is 6.30. The van der Waals surface area contributed by atoms with Crippen LogP contribution in [0.3, 0.4) is 0 Å². The normalized spacial score (nSPS) is 13.0. The maximum absolute atomic E-state index is 12.1. The maximum atomic E-state index is 12.1. The van der Waals surface area contributed by atoms with Gasteiger partial charge in [-0.05, 0) is 70.6 Å². The lowest BCUT2D eigenvalue weighted by Gasteiger charge is -2.15. The fourth-order valence-electron chi connectivity index (χ4n) is 3.88. The van der Waals surface area contributed by atoms with Crippen LogP contribution in [0.25, 0.3) is 0 Å². The lowest BCUT2D eigenvalue weighted by molar-refractivity contribution is -0.161. The molecule has 0 radical (unpaired) electrons. The summed E-state index contributed by atoms with van der Waals surface area (Å²) in [7, 11) is 0. The second kappa shape index (κ2) is 31.1. The molecule has 0 aromatic rings. The highest BCUT2D eigenvalue weighted by Crippen LogP contribution is 2.10. The van der Waals surface area contributed by atoms with Crippen molar-refractivity contribution >= 4 is 11.9 Å². The van der Waals surface area contributed by atoms with Crippen LogP contribution >= 0.6 is 0 Å². The molecule has 0 aliphatic rings. The molecule has 0 aliphatic carbocycles. The lowest BCUT2D eigenvalue weighted by atomic mass is 10.1. The van der Waals surface area contributed by atoms with Crippen molar-refractivity contribution in [2.24, 2.45) is 0 Å². The molecule has 228 valence electrons. The third-order valence-corrected chi connectivity index (χ3v) is 6.30. The van der Waals surface area contributed by atoms with E-state index in [9.17, 15) is 14.7 Å². The number of rotatable bonds is 27. The first kappa shape index (κ1) is 37.6. The summed E-state index contributed by atoms with van der Waals surface area (Å²) in [6.07, 6.45) is 38.4. The van der Waals surface area contributed by atoms with Crippen molar-refractivity contribution < 1.29 is 24.2 Å². The Kier molecular flexibility index (Phi) is 29.3. The molecule has 0 aliphatic heterocycles. The van der Waals surface area contributed by atoms with E-state index in [0.29, 0.717) is 12.8 Å². The van der Waals surface area contributed by atoms with E-state index in [0.717, 1.165) is 70.6 Å². The molecule has 1 N–H and O–H groups in total. The summed E-state index contributed by atoms with van der Waals surface area (Å²) in [6.45, 7) is 3.91. The van der Waals surface area contributed by atoms with Crippen molar-refractivity contribution in [2.45, 2.75) is 136 Å². The zero-order valence-corrected chi connectivity index (χ0v) is 25.6. The smallest absolute Gasteiger partial charge is 0.306 e. The van der Waals surface area contributed by atoms with Crippen LogP contribution in [0.2, 0.25) is 0 Å². The van der Waals surface area contributed by atoms with Crippen LogP contribution in [-0.2, 0) is 19.1 Å². The Hall–Kier alpha value is -2.40. The Balaban J connectivity index is 3.73. The number of aliphatic hydroxyl groups is 1. The van der Waals surface area contributed by atoms with E-state index in [4.69, 9.17) is 9.47 Å². The van der Waals surface area contributed by atoms with Crippen LogP contribution in [0, 0.1) is 0 Å². The summed E-state index contributed by atoms with van der Waals surface area (Å²) in [5, 5.41) is 9.47. The van der Waals surface area contributed by atoms with Gasteiger partial charge in [-0.1, -0.05) is 107 Å². The molecule has 0 amide bonds. The van der Waals surface area contributed by atoms with Gasteiger partial charge >= 0.3 is 11.9 Å². The average Bonchev–Trinajstić information content (AvgIpc) is 2.96. The van der Waals surface area contributed by atoms with Gasteiger partial charge in [0.05, 0.1) is 6.61 Å². The zero-order valence-electron chi connectivity index (χ0n) is 25.6. The molecular weight excluding hydrogens is 500 g/mol. The number of unbranched alkanes of at least 4 members (excludes halogenated alkanes) is 9. The highest BCUT2D eigenvalue weighted by atomic mass is 16.6. The number of carbonyl (C=O) groups is 2. The second-order valence-corrected chi connectivity index (χ2v) is 10.1. The summed E-state index contributed by atoms with van der Waals surface area (Å²) in [5.74, 6) is -0.660. The highest BCUT2D eigenvalue weighted by molar-refractivity contribution is 5.70. The number of hydrogen-bond acceptors (Lipinski definition) is 5. The largest absolute Gasteiger partial charge is 0.462 e. The summed E-state index contributed by atoms with van der Waals surface area (Å²) < 4.78 is 10.5. The number of ether oxygens (including phenoxy) is 2. The topological polar surface area (TPSA) is 72.8 Å². The van der Waals surface area contributed by atoms with E-state index in [1.165, 1.54) is 32.1 Å². The Morgan fingerprint density at radius 3 is 1.70 bits per heavy atom. The summed E-state index contributed by atoms with van der Waals surface area (Å²) in [5.41, 5.74) is 0. The molecule has 5 nitrogen and oxygen atoms in total. The summed E-state index contributed by atoms with van der Waals surface area (Å²) >= 11 is 0. The Morgan fingerprint density at radius 1 is 0.600 bits per heavy atom. The predicted molar refractivity (Wildman–Crippen MR) is 168 cm³/mol. The second-order valence-electron chi connectivity index (χ2n) is 10.1. The number of hydrogen-bond donors (Lipinski definition) is 1. The van der Waals surface area contributed by atoms with Crippen LogP contribution in [-0.4, -0.2) is 36.4 Å². The van der Waals surface area contributed by atoms with Crippen LogP contribution < -0.4 is 0 Å². The Morgan fingerprint density at radius 2 is 1.07 bits per heavy atom. The maximum Gasteiger partial charge on any atom is 0.306 e. The van der Waals surface area contributed by atoms with Crippen molar-refractivity contribution in [2.75, 3.05) is 13.2 Å². The van der Waals surface area contributed by atoms with Gasteiger partial charge in [0.15, 0.2) is 6.10 Å². The van der Waals surface area contributed by atoms with Gasteiger partial charge in [0, 0.05) is 12.8 Å². The quantitative estimate of drug-likeness (QED) is 0.0618. The SMILES string of the molecule is CCC=CCC=CCC=CCC=CCCCCC(=O)OC(CO)COC(=O)CCCCCCCC=CCCCC. The molecule has 0 rings (SSSR count). The molecular formula is C35H58O5. The molecule has 0 aromatic heterocycles. The fourth-order valence-corrected chi connectivity index (χ4v) is 3.88. The minimum Gasteiger partial charge on any atom is -0.462 e. The molecule has 1 unspecified atom stereocenters. The van der Waals surface area contributed by atoms with E-state index < -0.39 is 6.10 Å². The molecule has 0 saturated heterocycles. The first-order chi connectivity index (χ1) is 19.6. The van der Waals surface area contributed by atoms with Gasteiger partial charge in [-0.25, -0.2) is 0 Å². The van der Waals surface area contributed by atoms with Gasteiger partial charge in [0.2, 0.25) is 0 Å². The molecule has 0 bridgehead atoms. The van der Waals surface area contributed by atoms with E-state index in [-0.39, 0.29) is 25.2 Å². The molecule has 0 aromatic carbocycles. The fraction of sp³-hybridized carbons (Fsp3) is 0.657. The number of aliphatic hydroxyl groups excluding tert-OH is 1. The monoisotopic (exact) mass is 558 g/mol. The number of carbonyl (C=O) groups excluding carboxylic acids is 2.